The van der Waals surface area contributed by atoms with E-state index in [1.165, 1.54) is 0 Å². The highest BCUT2D eigenvalue weighted by atomic mass is 32.1. The molecule has 1 rings (SSSR count). The lowest BCUT2D eigenvalue weighted by Gasteiger charge is -1.73. The van der Waals surface area contributed by atoms with E-state index in [9.17, 15) is 0 Å². The number of hydrogen-bond acceptors (Lipinski definition) is 2. The third-order valence-corrected chi connectivity index (χ3v) is 1.65. The molecule has 2 N–H and O–H groups in total. The Morgan fingerprint density at radius 1 is 1.86 bits per heavy atom. The van der Waals surface area contributed by atoms with Gasteiger partial charge in [0.25, 0.3) is 5.51 Å². The molecular formula is C4H7N2S+. The molecule has 0 unspecified atom stereocenters. The van der Waals surface area contributed by atoms with E-state index in [1.54, 1.807) is 16.0 Å². The van der Waals surface area contributed by atoms with Crippen molar-refractivity contribution in [1.82, 2.24) is 0 Å². The zero-order chi connectivity index (χ0) is 5.28. The van der Waals surface area contributed by atoms with Gasteiger partial charge in [0, 0.05) is 6.92 Å². The second kappa shape index (κ2) is 1.50. The minimum Gasteiger partial charge on any atom is -0.204 e. The Bertz CT molecular complexity index is 142. The van der Waals surface area contributed by atoms with Crippen LogP contribution >= 0.6 is 11.3 Å². The van der Waals surface area contributed by atoms with Crippen LogP contribution in [0, 0.1) is 6.92 Å². The monoisotopic (exact) mass is 115 g/mol. The molecule has 0 bridgehead atoms. The third-order valence-electron chi connectivity index (χ3n) is 0.820. The first-order valence-electron chi connectivity index (χ1n) is 2.00. The minimum atomic E-state index is 1.10. The molecule has 0 fully saturated rings. The molecule has 1 aromatic rings. The number of aromatic nitrogens is 1. The van der Waals surface area contributed by atoms with Crippen molar-refractivity contribution >= 4 is 11.3 Å². The SMILES string of the molecule is Cc1csc[n+]1N. The van der Waals surface area contributed by atoms with E-state index in [0.717, 1.165) is 5.69 Å². The summed E-state index contributed by atoms with van der Waals surface area (Å²) >= 11 is 1.60. The third kappa shape index (κ3) is 0.718. The zero-order valence-corrected chi connectivity index (χ0v) is 4.90. The van der Waals surface area contributed by atoms with Crippen molar-refractivity contribution in [2.75, 3.05) is 5.84 Å². The average molecular weight is 115 g/mol. The molecule has 0 aliphatic heterocycles. The molecule has 0 aliphatic rings. The molecule has 1 heterocycles. The maximum Gasteiger partial charge on any atom is 0.254 e. The van der Waals surface area contributed by atoms with Gasteiger partial charge in [0.15, 0.2) is 0 Å². The first-order valence-corrected chi connectivity index (χ1v) is 2.94. The molecule has 0 atom stereocenters. The van der Waals surface area contributed by atoms with Gasteiger partial charge in [-0.3, -0.25) is 0 Å². The Morgan fingerprint density at radius 3 is 2.71 bits per heavy atom. The predicted octanol–water partition coefficient (Wildman–Crippen LogP) is 0.0578. The van der Waals surface area contributed by atoms with Crippen molar-refractivity contribution in [3.8, 4) is 0 Å². The number of nitrogens with two attached hydrogens (primary N) is 1. The molecule has 0 saturated carbocycles. The van der Waals surface area contributed by atoms with Crippen molar-refractivity contribution in [2.45, 2.75) is 6.92 Å². The Labute approximate surface area is 46.2 Å². The van der Waals surface area contributed by atoms with Gasteiger partial charge in [-0.25, -0.2) is 5.84 Å². The van der Waals surface area contributed by atoms with Gasteiger partial charge in [0.05, 0.1) is 5.38 Å². The van der Waals surface area contributed by atoms with Gasteiger partial charge < -0.3 is 0 Å². The standard InChI is InChI=1S/C4H7N2S/c1-4-2-7-3-6(4)5/h2-3H,5H2,1H3/q+1. The van der Waals surface area contributed by atoms with Crippen LogP contribution in [0.2, 0.25) is 0 Å². The van der Waals surface area contributed by atoms with E-state index in [0.29, 0.717) is 0 Å². The van der Waals surface area contributed by atoms with E-state index in [1.807, 2.05) is 17.8 Å². The van der Waals surface area contributed by atoms with Gasteiger partial charge in [-0.2, -0.15) is 0 Å². The number of nitrogen functional groups attached to an aromatic ring is 1. The van der Waals surface area contributed by atoms with Gasteiger partial charge in [-0.05, 0) is 0 Å². The molecule has 38 valence electrons. The van der Waals surface area contributed by atoms with Crippen LogP contribution in [0.25, 0.3) is 0 Å². The smallest absolute Gasteiger partial charge is 0.204 e. The zero-order valence-electron chi connectivity index (χ0n) is 4.09. The summed E-state index contributed by atoms with van der Waals surface area (Å²) in [6, 6.07) is 0. The molecule has 7 heavy (non-hydrogen) atoms. The second-order valence-corrected chi connectivity index (χ2v) is 2.13. The van der Waals surface area contributed by atoms with Crippen LogP contribution in [-0.4, -0.2) is 0 Å². The molecular weight excluding hydrogens is 108 g/mol. The first kappa shape index (κ1) is 4.59. The fraction of sp³-hybridized carbons (Fsp3) is 0.250. The highest BCUT2D eigenvalue weighted by molar-refractivity contribution is 7.07. The van der Waals surface area contributed by atoms with Gasteiger partial charge in [0.2, 0.25) is 5.69 Å². The fourth-order valence-electron chi connectivity index (χ4n) is 0.338. The van der Waals surface area contributed by atoms with Gasteiger partial charge in [-0.15, -0.1) is 0 Å². The molecule has 0 amide bonds. The molecule has 0 saturated heterocycles. The number of rotatable bonds is 0. The topological polar surface area (TPSA) is 29.9 Å². The van der Waals surface area contributed by atoms with Crippen molar-refractivity contribution in [3.63, 3.8) is 0 Å². The normalized spacial score (nSPS) is 9.29. The maximum atomic E-state index is 5.37. The molecule has 0 aromatic carbocycles. The van der Waals surface area contributed by atoms with E-state index in [4.69, 9.17) is 5.84 Å². The van der Waals surface area contributed by atoms with Gasteiger partial charge in [-0.1, -0.05) is 16.0 Å². The van der Waals surface area contributed by atoms with Crippen LogP contribution in [0.3, 0.4) is 0 Å². The maximum absolute atomic E-state index is 5.37. The highest BCUT2D eigenvalue weighted by Gasteiger charge is 1.97. The van der Waals surface area contributed by atoms with Crippen LogP contribution in [0.4, 0.5) is 0 Å². The average Bonchev–Trinajstić information content (AvgIpc) is 1.91. The van der Waals surface area contributed by atoms with Gasteiger partial charge in [0.1, 0.15) is 0 Å². The fourth-order valence-corrected chi connectivity index (χ4v) is 1.02. The first-order chi connectivity index (χ1) is 3.30. The lowest BCUT2D eigenvalue weighted by Crippen LogP contribution is -2.44. The summed E-state index contributed by atoms with van der Waals surface area (Å²) in [5, 5.41) is 2.00. The summed E-state index contributed by atoms with van der Waals surface area (Å²) in [6.45, 7) is 1.97. The van der Waals surface area contributed by atoms with E-state index in [2.05, 4.69) is 0 Å². The molecule has 2 nitrogen and oxygen atoms in total. The quantitative estimate of drug-likeness (QED) is 0.376. The van der Waals surface area contributed by atoms with Crippen molar-refractivity contribution < 1.29 is 4.68 Å². The van der Waals surface area contributed by atoms with E-state index >= 15 is 0 Å². The van der Waals surface area contributed by atoms with Crippen molar-refractivity contribution in [3.05, 3.63) is 16.6 Å². The van der Waals surface area contributed by atoms with Crippen LogP contribution < -0.4 is 10.5 Å². The molecule has 0 spiro atoms. The predicted molar refractivity (Wildman–Crippen MR) is 29.4 cm³/mol. The molecule has 0 radical (unpaired) electrons. The number of thiazole rings is 1. The Kier molecular flexibility index (Phi) is 0.982. The lowest BCUT2D eigenvalue weighted by atomic mass is 10.6. The van der Waals surface area contributed by atoms with Crippen LogP contribution in [0.15, 0.2) is 10.9 Å². The molecule has 3 heteroatoms. The van der Waals surface area contributed by atoms with E-state index in [-0.39, 0.29) is 0 Å². The second-order valence-electron chi connectivity index (χ2n) is 1.41. The summed E-state index contributed by atoms with van der Waals surface area (Å²) in [4.78, 5) is 0. The molecule has 1 aromatic heterocycles. The van der Waals surface area contributed by atoms with Gasteiger partial charge >= 0.3 is 0 Å². The summed E-state index contributed by atoms with van der Waals surface area (Å²) in [6.07, 6.45) is 0. The van der Waals surface area contributed by atoms with E-state index < -0.39 is 0 Å². The largest absolute Gasteiger partial charge is 0.254 e. The number of hydrogen-bond donors (Lipinski definition) is 1. The van der Waals surface area contributed by atoms with Crippen molar-refractivity contribution in [1.29, 1.82) is 0 Å². The highest BCUT2D eigenvalue weighted by Crippen LogP contribution is 1.92. The number of aryl methyl sites for hydroxylation is 1. The van der Waals surface area contributed by atoms with Crippen LogP contribution in [-0.2, 0) is 0 Å². The summed E-state index contributed by atoms with van der Waals surface area (Å²) in [7, 11) is 0. The Morgan fingerprint density at radius 2 is 2.57 bits per heavy atom. The number of nitrogens with zero attached hydrogens (tertiary/aromatic N) is 1. The Balaban J connectivity index is 3.12. The lowest BCUT2D eigenvalue weighted by molar-refractivity contribution is -0.640. The Hall–Kier alpha value is -0.570. The summed E-state index contributed by atoms with van der Waals surface area (Å²) < 4.78 is 1.60. The summed E-state index contributed by atoms with van der Waals surface area (Å²) in [5.74, 6) is 5.37. The van der Waals surface area contributed by atoms with Crippen LogP contribution in [0.5, 0.6) is 0 Å². The van der Waals surface area contributed by atoms with Crippen LogP contribution in [0.1, 0.15) is 5.69 Å². The molecule has 0 aliphatic carbocycles. The summed E-state index contributed by atoms with van der Waals surface area (Å²) in [5.41, 5.74) is 2.96. The minimum absolute atomic E-state index is 1.10. The van der Waals surface area contributed by atoms with Crippen molar-refractivity contribution in [2.24, 2.45) is 0 Å².